The number of tetrazole rings is 1. The van der Waals surface area contributed by atoms with Gasteiger partial charge in [-0.1, -0.05) is 39.7 Å². The Kier molecular flexibility index (Phi) is 7.95. The Morgan fingerprint density at radius 2 is 2.00 bits per heavy atom. The molecule has 188 valence electrons. The van der Waals surface area contributed by atoms with Gasteiger partial charge in [0.15, 0.2) is 5.82 Å². The summed E-state index contributed by atoms with van der Waals surface area (Å²) < 4.78 is 6.67. The summed E-state index contributed by atoms with van der Waals surface area (Å²) in [5.74, 6) is 0.424. The second-order valence-electron chi connectivity index (χ2n) is 9.70. The number of hydrogen-bond acceptors (Lipinski definition) is 7. The van der Waals surface area contributed by atoms with Gasteiger partial charge in [0.2, 0.25) is 0 Å². The Bertz CT molecular complexity index is 1210. The summed E-state index contributed by atoms with van der Waals surface area (Å²) in [6.07, 6.45) is 5.39. The van der Waals surface area contributed by atoms with Gasteiger partial charge in [0.05, 0.1) is 12.6 Å². The van der Waals surface area contributed by atoms with E-state index in [2.05, 4.69) is 58.3 Å². The van der Waals surface area contributed by atoms with Gasteiger partial charge in [-0.05, 0) is 71.7 Å². The third-order valence-corrected chi connectivity index (χ3v) is 6.94. The molecule has 0 bridgehead atoms. The molecule has 0 aliphatic heterocycles. The Balaban J connectivity index is 1.73. The van der Waals surface area contributed by atoms with Crippen molar-refractivity contribution in [2.45, 2.75) is 85.0 Å². The summed E-state index contributed by atoms with van der Waals surface area (Å²) in [6, 6.07) is 8.37. The molecule has 1 aliphatic rings. The first-order chi connectivity index (χ1) is 16.9. The van der Waals surface area contributed by atoms with Crippen LogP contribution >= 0.6 is 0 Å². The molecule has 1 unspecified atom stereocenters. The molecule has 35 heavy (non-hydrogen) atoms. The highest BCUT2D eigenvalue weighted by molar-refractivity contribution is 5.79. The van der Waals surface area contributed by atoms with Crippen molar-refractivity contribution in [3.05, 3.63) is 51.6 Å². The first kappa shape index (κ1) is 25.0. The van der Waals surface area contributed by atoms with Crippen LogP contribution < -0.4 is 5.56 Å². The van der Waals surface area contributed by atoms with E-state index in [4.69, 9.17) is 4.74 Å². The molecule has 1 aromatic carbocycles. The lowest BCUT2D eigenvalue weighted by Gasteiger charge is -2.37. The number of carbonyl (C=O) groups is 1. The number of H-pyrrole nitrogens is 1. The summed E-state index contributed by atoms with van der Waals surface area (Å²) in [7, 11) is 0. The lowest BCUT2D eigenvalue weighted by molar-refractivity contribution is -0.144. The lowest BCUT2D eigenvalue weighted by Crippen LogP contribution is -2.41. The number of pyridine rings is 1. The average Bonchev–Trinajstić information content (AvgIpc) is 3.51. The van der Waals surface area contributed by atoms with Crippen LogP contribution in [0.2, 0.25) is 0 Å². The first-order valence-corrected chi connectivity index (χ1v) is 12.7. The van der Waals surface area contributed by atoms with Gasteiger partial charge in [-0.15, -0.1) is 5.10 Å². The zero-order chi connectivity index (χ0) is 24.9. The van der Waals surface area contributed by atoms with Gasteiger partial charge in [-0.25, -0.2) is 4.68 Å². The molecule has 1 N–H and O–H groups in total. The minimum atomic E-state index is -0.367. The molecule has 0 radical (unpaired) electrons. The van der Waals surface area contributed by atoms with E-state index in [9.17, 15) is 9.59 Å². The summed E-state index contributed by atoms with van der Waals surface area (Å²) in [5.41, 5.74) is 2.74. The molecule has 4 rings (SSSR count). The molecule has 0 saturated heterocycles. The van der Waals surface area contributed by atoms with Crippen LogP contribution in [0.1, 0.15) is 76.4 Å². The predicted octanol–water partition coefficient (Wildman–Crippen LogP) is 3.78. The monoisotopic (exact) mass is 480 g/mol. The van der Waals surface area contributed by atoms with Crippen LogP contribution in [0.25, 0.3) is 10.9 Å². The zero-order valence-electron chi connectivity index (χ0n) is 21.2. The fraction of sp³-hybridized carbons (Fsp3) is 0.577. The minimum absolute atomic E-state index is 0.0335. The predicted molar refractivity (Wildman–Crippen MR) is 134 cm³/mol. The van der Waals surface area contributed by atoms with Gasteiger partial charge < -0.3 is 9.72 Å². The fourth-order valence-corrected chi connectivity index (χ4v) is 5.22. The molecule has 1 saturated carbocycles. The highest BCUT2D eigenvalue weighted by atomic mass is 16.5. The number of nitrogens with one attached hydrogen (secondary N) is 1. The SMILES string of the molecule is CCOC(=O)Cn1nnnc1C(C(C)C)N(Cc1cc2cc(CC)ccc2[nH]c1=O)C1CCCC1. The average molecular weight is 481 g/mol. The third-order valence-electron chi connectivity index (χ3n) is 6.94. The molecule has 1 aliphatic carbocycles. The van der Waals surface area contributed by atoms with Crippen LogP contribution in [0, 0.1) is 5.92 Å². The number of nitrogens with zero attached hydrogens (tertiary/aromatic N) is 5. The third kappa shape index (κ3) is 5.61. The molecule has 0 spiro atoms. The molecule has 1 atom stereocenters. The molecule has 3 aromatic rings. The standard InChI is InChI=1S/C26H36N6O3/c1-5-18-11-12-22-19(13-18)14-20(26(34)27-22)15-31(21-9-7-8-10-21)24(17(3)4)25-28-29-30-32(25)16-23(33)35-6-2/h11-14,17,21,24H,5-10,15-16H2,1-4H3,(H,27,34). The van der Waals surface area contributed by atoms with E-state index in [-0.39, 0.29) is 30.0 Å². The quantitative estimate of drug-likeness (QED) is 0.440. The molecule has 0 amide bonds. The van der Waals surface area contributed by atoms with E-state index in [1.54, 1.807) is 11.6 Å². The van der Waals surface area contributed by atoms with E-state index in [1.807, 2.05) is 12.1 Å². The van der Waals surface area contributed by atoms with Crippen LogP contribution in [0.3, 0.4) is 0 Å². The Hall–Kier alpha value is -3.07. The number of ether oxygens (including phenoxy) is 1. The number of hydrogen-bond donors (Lipinski definition) is 1. The number of rotatable bonds is 10. The van der Waals surface area contributed by atoms with Crippen molar-refractivity contribution in [2.75, 3.05) is 6.61 Å². The number of aromatic nitrogens is 5. The summed E-state index contributed by atoms with van der Waals surface area (Å²) >= 11 is 0. The van der Waals surface area contributed by atoms with Gasteiger partial charge in [-0.3, -0.25) is 14.5 Å². The van der Waals surface area contributed by atoms with Crippen molar-refractivity contribution in [3.63, 3.8) is 0 Å². The summed E-state index contributed by atoms with van der Waals surface area (Å²) in [4.78, 5) is 30.8. The Morgan fingerprint density at radius 1 is 1.23 bits per heavy atom. The number of benzene rings is 1. The highest BCUT2D eigenvalue weighted by Gasteiger charge is 2.35. The molecule has 9 heteroatoms. The van der Waals surface area contributed by atoms with E-state index in [1.165, 1.54) is 5.56 Å². The Morgan fingerprint density at radius 3 is 2.69 bits per heavy atom. The summed E-state index contributed by atoms with van der Waals surface area (Å²) in [6.45, 7) is 8.94. The number of fused-ring (bicyclic) bond motifs is 1. The number of aryl methyl sites for hydroxylation is 1. The van der Waals surface area contributed by atoms with Crippen molar-refractivity contribution in [3.8, 4) is 0 Å². The summed E-state index contributed by atoms with van der Waals surface area (Å²) in [5, 5.41) is 13.4. The van der Waals surface area contributed by atoms with Crippen molar-refractivity contribution in [1.29, 1.82) is 0 Å². The van der Waals surface area contributed by atoms with Crippen LogP contribution in [-0.4, -0.2) is 48.7 Å². The Labute approximate surface area is 205 Å². The minimum Gasteiger partial charge on any atom is -0.465 e. The second-order valence-corrected chi connectivity index (χ2v) is 9.70. The van der Waals surface area contributed by atoms with Crippen LogP contribution in [0.5, 0.6) is 0 Å². The maximum atomic E-state index is 13.1. The molecular weight excluding hydrogens is 444 g/mol. The van der Waals surface area contributed by atoms with Gasteiger partial charge in [0.1, 0.15) is 6.54 Å². The molecule has 1 fully saturated rings. The maximum Gasteiger partial charge on any atom is 0.327 e. The van der Waals surface area contributed by atoms with Crippen molar-refractivity contribution in [2.24, 2.45) is 5.92 Å². The molecule has 9 nitrogen and oxygen atoms in total. The van der Waals surface area contributed by atoms with Crippen molar-refractivity contribution >= 4 is 16.9 Å². The topological polar surface area (TPSA) is 106 Å². The van der Waals surface area contributed by atoms with Crippen LogP contribution in [0.4, 0.5) is 0 Å². The molecular formula is C26H36N6O3. The number of esters is 1. The second kappa shape index (κ2) is 11.1. The van der Waals surface area contributed by atoms with Crippen molar-refractivity contribution in [1.82, 2.24) is 30.1 Å². The maximum absolute atomic E-state index is 13.1. The van der Waals surface area contributed by atoms with Gasteiger partial charge in [-0.2, -0.15) is 0 Å². The van der Waals surface area contributed by atoms with E-state index in [0.29, 0.717) is 25.0 Å². The van der Waals surface area contributed by atoms with Crippen LogP contribution in [0.15, 0.2) is 29.1 Å². The molecule has 2 aromatic heterocycles. The van der Waals surface area contributed by atoms with E-state index >= 15 is 0 Å². The van der Waals surface area contributed by atoms with Gasteiger partial charge >= 0.3 is 5.97 Å². The number of aromatic amines is 1. The normalized spacial score (nSPS) is 15.4. The lowest BCUT2D eigenvalue weighted by atomic mass is 9.97. The highest BCUT2D eigenvalue weighted by Crippen LogP contribution is 2.36. The van der Waals surface area contributed by atoms with Crippen LogP contribution in [-0.2, 0) is 29.0 Å². The number of carbonyl (C=O) groups excluding carboxylic acids is 1. The zero-order valence-corrected chi connectivity index (χ0v) is 21.2. The molecule has 2 heterocycles. The largest absolute Gasteiger partial charge is 0.465 e. The van der Waals surface area contributed by atoms with Crippen molar-refractivity contribution < 1.29 is 9.53 Å². The van der Waals surface area contributed by atoms with Gasteiger partial charge in [0.25, 0.3) is 5.56 Å². The first-order valence-electron chi connectivity index (χ1n) is 12.7. The van der Waals surface area contributed by atoms with Gasteiger partial charge in [0, 0.05) is 23.7 Å². The fourth-order valence-electron chi connectivity index (χ4n) is 5.22. The van der Waals surface area contributed by atoms with E-state index in [0.717, 1.165) is 48.6 Å². The van der Waals surface area contributed by atoms with E-state index < -0.39 is 0 Å². The smallest absolute Gasteiger partial charge is 0.327 e.